The lowest BCUT2D eigenvalue weighted by molar-refractivity contribution is -0.127. The number of nitrogens with one attached hydrogen (secondary N) is 2. The Kier molecular flexibility index (Phi) is 10.5. The Bertz CT molecular complexity index is 885. The lowest BCUT2D eigenvalue weighted by atomic mass is 10.1. The quantitative estimate of drug-likeness (QED) is 0.465. The molecule has 2 N–H and O–H groups in total. The average Bonchev–Trinajstić information content (AvgIpc) is 2.82. The fourth-order valence-corrected chi connectivity index (χ4v) is 3.75. The lowest BCUT2D eigenvalue weighted by Gasteiger charge is -2.17. The van der Waals surface area contributed by atoms with Gasteiger partial charge in [0, 0.05) is 24.9 Å². The van der Waals surface area contributed by atoms with E-state index < -0.39 is 0 Å². The van der Waals surface area contributed by atoms with E-state index in [9.17, 15) is 9.59 Å². The molecule has 2 atom stereocenters. The van der Waals surface area contributed by atoms with E-state index in [4.69, 9.17) is 18.9 Å². The highest BCUT2D eigenvalue weighted by Crippen LogP contribution is 2.29. The van der Waals surface area contributed by atoms with E-state index in [-0.39, 0.29) is 36.7 Å². The molecule has 0 unspecified atom stereocenters. The van der Waals surface area contributed by atoms with Gasteiger partial charge >= 0.3 is 0 Å². The maximum Gasteiger partial charge on any atom is 0.220 e. The van der Waals surface area contributed by atoms with Gasteiger partial charge in [0.25, 0.3) is 0 Å². The van der Waals surface area contributed by atoms with Crippen LogP contribution in [0, 0.1) is 0 Å². The van der Waals surface area contributed by atoms with Gasteiger partial charge < -0.3 is 29.6 Å². The van der Waals surface area contributed by atoms with E-state index in [1.165, 1.54) is 0 Å². The van der Waals surface area contributed by atoms with Crippen molar-refractivity contribution in [3.8, 4) is 23.0 Å². The molecular formula is C26H36N2O6. The van der Waals surface area contributed by atoms with Gasteiger partial charge in [-0.3, -0.25) is 9.59 Å². The van der Waals surface area contributed by atoms with Gasteiger partial charge in [0.2, 0.25) is 11.8 Å². The SMILES string of the molecule is COc1ccc(C[C@@H](C)NC(=O)CCC(=O)N[C@@H](C)Cc2ccc(OC)c(OC)c2)cc1OC. The van der Waals surface area contributed by atoms with Crippen molar-refractivity contribution in [2.75, 3.05) is 28.4 Å². The molecule has 2 amide bonds. The van der Waals surface area contributed by atoms with Crippen molar-refractivity contribution in [3.05, 3.63) is 47.5 Å². The summed E-state index contributed by atoms with van der Waals surface area (Å²) in [4.78, 5) is 24.6. The molecule has 0 aliphatic rings. The Balaban J connectivity index is 1.76. The number of carbonyl (C=O) groups excluding carboxylic acids is 2. The van der Waals surface area contributed by atoms with Gasteiger partial charge in [-0.15, -0.1) is 0 Å². The molecule has 0 heterocycles. The minimum Gasteiger partial charge on any atom is -0.493 e. The standard InChI is InChI=1S/C26H36N2O6/c1-17(13-19-7-9-21(31-3)23(15-19)33-5)27-25(29)11-12-26(30)28-18(2)14-20-8-10-22(32-4)24(16-20)34-6/h7-10,15-18H,11-14H2,1-6H3,(H,27,29)(H,28,30)/t17-,18+. The third-order valence-electron chi connectivity index (χ3n) is 5.37. The zero-order valence-corrected chi connectivity index (χ0v) is 20.9. The highest BCUT2D eigenvalue weighted by Gasteiger charge is 2.14. The molecule has 0 fully saturated rings. The first kappa shape index (κ1) is 26.8. The predicted octanol–water partition coefficient (Wildman–Crippen LogP) is 3.30. The summed E-state index contributed by atoms with van der Waals surface area (Å²) in [7, 11) is 6.36. The van der Waals surface area contributed by atoms with Gasteiger partial charge in [-0.1, -0.05) is 12.1 Å². The number of carbonyl (C=O) groups is 2. The van der Waals surface area contributed by atoms with Gasteiger partial charge in [0.15, 0.2) is 23.0 Å². The zero-order chi connectivity index (χ0) is 25.1. The summed E-state index contributed by atoms with van der Waals surface area (Å²) in [5.41, 5.74) is 2.04. The highest BCUT2D eigenvalue weighted by atomic mass is 16.5. The van der Waals surface area contributed by atoms with E-state index in [0.29, 0.717) is 35.8 Å². The maximum absolute atomic E-state index is 12.3. The van der Waals surface area contributed by atoms with Crippen LogP contribution in [-0.2, 0) is 22.4 Å². The van der Waals surface area contributed by atoms with Crippen molar-refractivity contribution in [2.45, 2.75) is 51.6 Å². The van der Waals surface area contributed by atoms with E-state index in [1.807, 2.05) is 50.2 Å². The Hall–Kier alpha value is -3.42. The fourth-order valence-electron chi connectivity index (χ4n) is 3.75. The van der Waals surface area contributed by atoms with E-state index in [1.54, 1.807) is 28.4 Å². The molecule has 8 nitrogen and oxygen atoms in total. The third-order valence-corrected chi connectivity index (χ3v) is 5.37. The number of hydrogen-bond acceptors (Lipinski definition) is 6. The summed E-state index contributed by atoms with van der Waals surface area (Å²) in [5.74, 6) is 2.31. The van der Waals surface area contributed by atoms with Crippen molar-refractivity contribution >= 4 is 11.8 Å². The summed E-state index contributed by atoms with van der Waals surface area (Å²) < 4.78 is 21.2. The van der Waals surface area contributed by atoms with Crippen LogP contribution in [0.15, 0.2) is 36.4 Å². The first-order valence-electron chi connectivity index (χ1n) is 11.3. The molecular weight excluding hydrogens is 436 g/mol. The molecule has 8 heteroatoms. The third kappa shape index (κ3) is 8.17. The van der Waals surface area contributed by atoms with E-state index >= 15 is 0 Å². The van der Waals surface area contributed by atoms with Gasteiger partial charge in [-0.25, -0.2) is 0 Å². The number of amides is 2. The number of rotatable bonds is 13. The molecule has 2 aromatic rings. The van der Waals surface area contributed by atoms with Crippen LogP contribution >= 0.6 is 0 Å². The van der Waals surface area contributed by atoms with Crippen molar-refractivity contribution in [3.63, 3.8) is 0 Å². The number of methoxy groups -OCH3 is 4. The van der Waals surface area contributed by atoms with Crippen LogP contribution in [0.4, 0.5) is 0 Å². The number of hydrogen-bond donors (Lipinski definition) is 2. The monoisotopic (exact) mass is 472 g/mol. The predicted molar refractivity (Wildman–Crippen MR) is 131 cm³/mol. The molecule has 0 bridgehead atoms. The Morgan fingerprint density at radius 1 is 0.647 bits per heavy atom. The molecule has 0 aliphatic carbocycles. The van der Waals surface area contributed by atoms with E-state index in [2.05, 4.69) is 10.6 Å². The Morgan fingerprint density at radius 2 is 1.00 bits per heavy atom. The lowest BCUT2D eigenvalue weighted by Crippen LogP contribution is -2.37. The number of ether oxygens (including phenoxy) is 4. The van der Waals surface area contributed by atoms with Gasteiger partial charge in [0.05, 0.1) is 28.4 Å². The van der Waals surface area contributed by atoms with Crippen molar-refractivity contribution in [2.24, 2.45) is 0 Å². The Labute approximate surface area is 201 Å². The second-order valence-corrected chi connectivity index (χ2v) is 8.22. The normalized spacial score (nSPS) is 12.3. The second kappa shape index (κ2) is 13.3. The molecule has 0 saturated heterocycles. The summed E-state index contributed by atoms with van der Waals surface area (Å²) in [6.45, 7) is 3.86. The highest BCUT2D eigenvalue weighted by molar-refractivity contribution is 5.84. The summed E-state index contributed by atoms with van der Waals surface area (Å²) in [6, 6.07) is 11.2. The fraction of sp³-hybridized carbons (Fsp3) is 0.462. The topological polar surface area (TPSA) is 95.1 Å². The summed E-state index contributed by atoms with van der Waals surface area (Å²) in [6.07, 6.45) is 1.54. The number of benzene rings is 2. The van der Waals surface area contributed by atoms with Crippen LogP contribution in [0.1, 0.15) is 37.8 Å². The van der Waals surface area contributed by atoms with Crippen LogP contribution < -0.4 is 29.6 Å². The summed E-state index contributed by atoms with van der Waals surface area (Å²) in [5, 5.41) is 5.90. The molecule has 0 saturated carbocycles. The summed E-state index contributed by atoms with van der Waals surface area (Å²) >= 11 is 0. The van der Waals surface area contributed by atoms with Crippen molar-refractivity contribution in [1.29, 1.82) is 0 Å². The molecule has 0 spiro atoms. The molecule has 186 valence electrons. The molecule has 2 rings (SSSR count). The molecule has 0 aliphatic heterocycles. The first-order chi connectivity index (χ1) is 16.3. The van der Waals surface area contributed by atoms with Crippen LogP contribution in [0.2, 0.25) is 0 Å². The van der Waals surface area contributed by atoms with Crippen LogP contribution in [0.3, 0.4) is 0 Å². The maximum atomic E-state index is 12.3. The first-order valence-corrected chi connectivity index (χ1v) is 11.3. The van der Waals surface area contributed by atoms with Gasteiger partial charge in [-0.2, -0.15) is 0 Å². The van der Waals surface area contributed by atoms with Crippen LogP contribution in [0.5, 0.6) is 23.0 Å². The Morgan fingerprint density at radius 3 is 1.32 bits per heavy atom. The van der Waals surface area contributed by atoms with Crippen molar-refractivity contribution < 1.29 is 28.5 Å². The second-order valence-electron chi connectivity index (χ2n) is 8.22. The smallest absolute Gasteiger partial charge is 0.220 e. The largest absolute Gasteiger partial charge is 0.493 e. The van der Waals surface area contributed by atoms with Crippen LogP contribution in [-0.4, -0.2) is 52.3 Å². The average molecular weight is 473 g/mol. The minimum absolute atomic E-state index is 0.0855. The van der Waals surface area contributed by atoms with Gasteiger partial charge in [-0.05, 0) is 62.1 Å². The molecule has 0 radical (unpaired) electrons. The molecule has 2 aromatic carbocycles. The van der Waals surface area contributed by atoms with Crippen molar-refractivity contribution in [1.82, 2.24) is 10.6 Å². The zero-order valence-electron chi connectivity index (χ0n) is 20.9. The van der Waals surface area contributed by atoms with Gasteiger partial charge in [0.1, 0.15) is 0 Å². The molecule has 0 aromatic heterocycles. The molecule has 34 heavy (non-hydrogen) atoms. The van der Waals surface area contributed by atoms with E-state index in [0.717, 1.165) is 11.1 Å². The van der Waals surface area contributed by atoms with Crippen LogP contribution in [0.25, 0.3) is 0 Å². The minimum atomic E-state index is -0.157.